The summed E-state index contributed by atoms with van der Waals surface area (Å²) >= 11 is 0. The molecule has 3 aromatic carbocycles. The lowest BCUT2D eigenvalue weighted by Gasteiger charge is -2.35. The van der Waals surface area contributed by atoms with E-state index in [0.29, 0.717) is 42.4 Å². The number of aromatic nitrogens is 1. The summed E-state index contributed by atoms with van der Waals surface area (Å²) in [5, 5.41) is 13.8. The van der Waals surface area contributed by atoms with Crippen molar-refractivity contribution in [3.05, 3.63) is 78.4 Å². The van der Waals surface area contributed by atoms with Crippen LogP contribution in [0, 0.1) is 0 Å². The van der Waals surface area contributed by atoms with Crippen LogP contribution in [0.3, 0.4) is 0 Å². The summed E-state index contributed by atoms with van der Waals surface area (Å²) < 4.78 is 17.4. The van der Waals surface area contributed by atoms with Gasteiger partial charge >= 0.3 is 0 Å². The van der Waals surface area contributed by atoms with Crippen molar-refractivity contribution < 1.29 is 23.8 Å². The maximum absolute atomic E-state index is 12.7. The van der Waals surface area contributed by atoms with E-state index in [4.69, 9.17) is 13.9 Å². The van der Waals surface area contributed by atoms with Crippen molar-refractivity contribution in [1.29, 1.82) is 0 Å². The quantitative estimate of drug-likeness (QED) is 0.332. The van der Waals surface area contributed by atoms with Crippen LogP contribution < -0.4 is 14.8 Å². The maximum atomic E-state index is 12.7. The van der Waals surface area contributed by atoms with Gasteiger partial charge in [-0.25, -0.2) is 4.98 Å². The van der Waals surface area contributed by atoms with Gasteiger partial charge in [0.1, 0.15) is 29.7 Å². The molecular weight excluding hydrogens is 508 g/mol. The molecule has 0 saturated carbocycles. The Morgan fingerprint density at radius 1 is 1.02 bits per heavy atom. The van der Waals surface area contributed by atoms with Crippen LogP contribution >= 0.6 is 0 Å². The van der Waals surface area contributed by atoms with E-state index in [1.165, 1.54) is 0 Å². The molecule has 0 bridgehead atoms. The molecule has 2 aliphatic heterocycles. The number of carbonyl (C=O) groups is 1. The molecule has 0 radical (unpaired) electrons. The molecule has 2 aliphatic rings. The third-order valence-corrected chi connectivity index (χ3v) is 7.42. The topological polar surface area (TPSA) is 100 Å². The fourth-order valence-electron chi connectivity index (χ4n) is 5.31. The lowest BCUT2D eigenvalue weighted by Crippen LogP contribution is -2.51. The predicted octanol–water partition coefficient (Wildman–Crippen LogP) is 3.49. The highest BCUT2D eigenvalue weighted by atomic mass is 16.5. The van der Waals surface area contributed by atoms with Crippen LogP contribution in [0.25, 0.3) is 22.6 Å². The first-order valence-electron chi connectivity index (χ1n) is 13.8. The third-order valence-electron chi connectivity index (χ3n) is 7.42. The molecule has 1 fully saturated rings. The number of nitrogens with one attached hydrogen (secondary N) is 1. The van der Waals surface area contributed by atoms with Gasteiger partial charge < -0.3 is 24.3 Å². The van der Waals surface area contributed by atoms with E-state index in [-0.39, 0.29) is 18.6 Å². The van der Waals surface area contributed by atoms with Crippen LogP contribution in [0.1, 0.15) is 18.0 Å². The van der Waals surface area contributed by atoms with Crippen molar-refractivity contribution in [2.45, 2.75) is 18.6 Å². The number of ether oxygens (including phenoxy) is 2. The highest BCUT2D eigenvalue weighted by Gasteiger charge is 2.25. The smallest absolute Gasteiger partial charge is 0.234 e. The fraction of sp³-hybridized carbons (Fsp3) is 0.355. The van der Waals surface area contributed by atoms with Gasteiger partial charge in [-0.05, 0) is 30.3 Å². The number of oxazole rings is 1. The van der Waals surface area contributed by atoms with Crippen LogP contribution in [0.15, 0.2) is 77.2 Å². The second-order valence-electron chi connectivity index (χ2n) is 10.4. The lowest BCUT2D eigenvalue weighted by atomic mass is 10.0. The molecule has 1 unspecified atom stereocenters. The van der Waals surface area contributed by atoms with E-state index >= 15 is 0 Å². The van der Waals surface area contributed by atoms with E-state index < -0.39 is 6.10 Å². The molecule has 1 amide bonds. The van der Waals surface area contributed by atoms with Crippen molar-refractivity contribution >= 4 is 17.0 Å². The zero-order valence-corrected chi connectivity index (χ0v) is 22.4. The van der Waals surface area contributed by atoms with E-state index in [1.807, 2.05) is 72.8 Å². The zero-order chi connectivity index (χ0) is 27.3. The number of fused-ring (bicyclic) bond motifs is 2. The van der Waals surface area contributed by atoms with Gasteiger partial charge in [0.15, 0.2) is 5.58 Å². The minimum absolute atomic E-state index is 0.00944. The number of amides is 1. The number of carbonyl (C=O) groups excluding carboxylic acids is 1. The highest BCUT2D eigenvalue weighted by molar-refractivity contribution is 5.79. The molecule has 6 rings (SSSR count). The SMILES string of the molecule is O=C(CN1CCN(C[C@@H](O)COc2ccc3oc(-c4ccccc4)nc3c2)CC1)NC1CCOc2ccccc21. The molecule has 1 saturated heterocycles. The minimum atomic E-state index is -0.628. The summed E-state index contributed by atoms with van der Waals surface area (Å²) in [6, 6.07) is 23.2. The fourth-order valence-corrected chi connectivity index (χ4v) is 5.31. The number of β-amino-alcohol motifs (C(OH)–C–C–N with tert-alkyl or cyclic N) is 1. The van der Waals surface area contributed by atoms with Crippen LogP contribution in [-0.4, -0.2) is 84.4 Å². The Bertz CT molecular complexity index is 1430. The number of aliphatic hydroxyl groups is 1. The molecule has 40 heavy (non-hydrogen) atoms. The molecule has 4 aromatic rings. The Morgan fingerprint density at radius 3 is 2.65 bits per heavy atom. The molecule has 0 spiro atoms. The summed E-state index contributed by atoms with van der Waals surface area (Å²) in [6.45, 7) is 4.81. The molecule has 2 N–H and O–H groups in total. The van der Waals surface area contributed by atoms with Gasteiger partial charge in [-0.2, -0.15) is 0 Å². The monoisotopic (exact) mass is 542 g/mol. The number of para-hydroxylation sites is 1. The van der Waals surface area contributed by atoms with Gasteiger partial charge in [0.05, 0.1) is 19.2 Å². The molecule has 208 valence electrons. The molecule has 0 aliphatic carbocycles. The molecule has 9 nitrogen and oxygen atoms in total. The Labute approximate surface area is 233 Å². The van der Waals surface area contributed by atoms with E-state index in [0.717, 1.165) is 49.5 Å². The summed E-state index contributed by atoms with van der Waals surface area (Å²) in [5.74, 6) is 2.09. The summed E-state index contributed by atoms with van der Waals surface area (Å²) in [5.41, 5.74) is 3.37. The maximum Gasteiger partial charge on any atom is 0.234 e. The third kappa shape index (κ3) is 6.28. The van der Waals surface area contributed by atoms with Gasteiger partial charge in [-0.3, -0.25) is 14.6 Å². The van der Waals surface area contributed by atoms with Crippen molar-refractivity contribution in [2.24, 2.45) is 0 Å². The number of benzene rings is 3. The Kier molecular flexibility index (Phi) is 7.94. The number of aliphatic hydroxyl groups excluding tert-OH is 1. The summed E-state index contributed by atoms with van der Waals surface area (Å²) in [6.07, 6.45) is 0.147. The Morgan fingerprint density at radius 2 is 1.80 bits per heavy atom. The van der Waals surface area contributed by atoms with Gasteiger partial charge in [0, 0.05) is 56.3 Å². The van der Waals surface area contributed by atoms with Crippen LogP contribution in [-0.2, 0) is 4.79 Å². The zero-order valence-electron chi connectivity index (χ0n) is 22.4. The van der Waals surface area contributed by atoms with Crippen molar-refractivity contribution in [1.82, 2.24) is 20.1 Å². The second kappa shape index (κ2) is 12.1. The number of hydrogen-bond acceptors (Lipinski definition) is 8. The average Bonchev–Trinajstić information content (AvgIpc) is 3.41. The average molecular weight is 543 g/mol. The number of rotatable bonds is 9. The van der Waals surface area contributed by atoms with E-state index in [9.17, 15) is 9.90 Å². The molecule has 2 atom stereocenters. The van der Waals surface area contributed by atoms with Gasteiger partial charge in [0.2, 0.25) is 11.8 Å². The second-order valence-corrected chi connectivity index (χ2v) is 10.4. The summed E-state index contributed by atoms with van der Waals surface area (Å²) in [4.78, 5) is 21.7. The minimum Gasteiger partial charge on any atom is -0.493 e. The number of hydrogen-bond donors (Lipinski definition) is 2. The highest BCUT2D eigenvalue weighted by Crippen LogP contribution is 2.31. The Hall–Kier alpha value is -3.92. The Balaban J connectivity index is 0.932. The standard InChI is InChI=1S/C31H34N4O5/c36-23(21-39-24-10-11-29-27(18-24)33-31(40-29)22-6-2-1-3-7-22)19-34-13-15-35(16-14-34)20-30(37)32-26-12-17-38-28-9-5-4-8-25(26)28/h1-11,18,23,26,36H,12-17,19-21H2,(H,32,37)/t23-,26?/m1/s1. The van der Waals surface area contributed by atoms with Crippen LogP contribution in [0.5, 0.6) is 11.5 Å². The van der Waals surface area contributed by atoms with Gasteiger partial charge in [0.25, 0.3) is 0 Å². The number of piperazine rings is 1. The van der Waals surface area contributed by atoms with Crippen molar-refractivity contribution in [3.63, 3.8) is 0 Å². The summed E-state index contributed by atoms with van der Waals surface area (Å²) in [7, 11) is 0. The first-order chi connectivity index (χ1) is 19.6. The van der Waals surface area contributed by atoms with Crippen molar-refractivity contribution in [3.8, 4) is 23.0 Å². The molecule has 3 heterocycles. The normalized spacial score (nSPS) is 18.6. The largest absolute Gasteiger partial charge is 0.493 e. The lowest BCUT2D eigenvalue weighted by molar-refractivity contribution is -0.123. The van der Waals surface area contributed by atoms with E-state index in [2.05, 4.69) is 20.1 Å². The molecular formula is C31H34N4O5. The number of nitrogens with zero attached hydrogens (tertiary/aromatic N) is 3. The van der Waals surface area contributed by atoms with E-state index in [1.54, 1.807) is 0 Å². The first-order valence-corrected chi connectivity index (χ1v) is 13.8. The predicted molar refractivity (Wildman–Crippen MR) is 151 cm³/mol. The van der Waals surface area contributed by atoms with Gasteiger partial charge in [-0.1, -0.05) is 36.4 Å². The molecule has 9 heteroatoms. The first kappa shape index (κ1) is 26.3. The van der Waals surface area contributed by atoms with Crippen LogP contribution in [0.2, 0.25) is 0 Å². The van der Waals surface area contributed by atoms with Crippen molar-refractivity contribution in [2.75, 3.05) is 52.5 Å². The van der Waals surface area contributed by atoms with Crippen LogP contribution in [0.4, 0.5) is 0 Å². The molecule has 1 aromatic heterocycles. The van der Waals surface area contributed by atoms with Gasteiger partial charge in [-0.15, -0.1) is 0 Å².